The van der Waals surface area contributed by atoms with Crippen molar-refractivity contribution in [2.45, 2.75) is 18.7 Å². The minimum Gasteiger partial charge on any atom is -0.329 e. The summed E-state index contributed by atoms with van der Waals surface area (Å²) in [6, 6.07) is -2.77. The van der Waals surface area contributed by atoms with Crippen LogP contribution in [0.15, 0.2) is 53.4 Å². The third-order valence-corrected chi connectivity index (χ3v) is 5.21. The molecule has 3 N–H and O–H groups in total. The van der Waals surface area contributed by atoms with Gasteiger partial charge in [0.25, 0.3) is 0 Å². The van der Waals surface area contributed by atoms with E-state index in [9.17, 15) is 8.42 Å². The molecule has 160 valence electrons. The number of rotatable bonds is 5. The molecule has 0 radical (unpaired) electrons. The number of aromatic nitrogens is 4. The summed E-state index contributed by atoms with van der Waals surface area (Å²) in [5.41, 5.74) is -1.73. The van der Waals surface area contributed by atoms with Gasteiger partial charge in [-0.1, -0.05) is 6.04 Å². The van der Waals surface area contributed by atoms with Gasteiger partial charge in [-0.3, -0.25) is 4.68 Å². The Bertz CT molecular complexity index is 1910. The van der Waals surface area contributed by atoms with E-state index in [1.807, 2.05) is 0 Å². The highest BCUT2D eigenvalue weighted by Crippen LogP contribution is 2.28. The molecule has 0 spiro atoms. The van der Waals surface area contributed by atoms with Gasteiger partial charge in [-0.2, -0.15) is 10.1 Å². The fraction of sp³-hybridized carbons (Fsp3) is 0.190. The second-order valence-corrected chi connectivity index (χ2v) is 7.89. The molecule has 2 aromatic carbocycles. The summed E-state index contributed by atoms with van der Waals surface area (Å²) in [6.45, 7) is -3.37. The van der Waals surface area contributed by atoms with E-state index >= 15 is 0 Å². The van der Waals surface area contributed by atoms with Crippen molar-refractivity contribution in [3.8, 4) is 0 Å². The van der Waals surface area contributed by atoms with E-state index in [0.717, 1.165) is 12.3 Å². The lowest BCUT2D eigenvalue weighted by Crippen LogP contribution is -2.14. The van der Waals surface area contributed by atoms with Crippen LogP contribution in [0.4, 0.5) is 23.1 Å². The van der Waals surface area contributed by atoms with Gasteiger partial charge in [0.15, 0.2) is 0 Å². The Hall–Kier alpha value is -3.50. The molecule has 31 heavy (non-hydrogen) atoms. The third kappa shape index (κ3) is 4.07. The van der Waals surface area contributed by atoms with Gasteiger partial charge in [0.05, 0.1) is 18.6 Å². The van der Waals surface area contributed by atoms with Crippen LogP contribution in [0, 0.1) is 13.8 Å². The first-order chi connectivity index (χ1) is 19.6. The molecule has 4 aromatic rings. The zero-order valence-electron chi connectivity index (χ0n) is 28.2. The van der Waals surface area contributed by atoms with Crippen LogP contribution in [0.25, 0.3) is 10.9 Å². The lowest BCUT2D eigenvalue weighted by atomic mass is 10.2. The molecule has 0 fully saturated rings. The average Bonchev–Trinajstić information content (AvgIpc) is 3.23. The van der Waals surface area contributed by atoms with Gasteiger partial charge in [0.2, 0.25) is 16.0 Å². The number of hydrogen-bond acceptors (Lipinski definition) is 7. The predicted molar refractivity (Wildman–Crippen MR) is 121 cm³/mol. The van der Waals surface area contributed by atoms with Gasteiger partial charge >= 0.3 is 0 Å². The van der Waals surface area contributed by atoms with Crippen molar-refractivity contribution in [2.75, 3.05) is 17.2 Å². The van der Waals surface area contributed by atoms with Crippen LogP contribution in [-0.2, 0) is 17.0 Å². The van der Waals surface area contributed by atoms with Crippen LogP contribution in [0.3, 0.4) is 0 Å². The molecule has 0 saturated heterocycles. The highest BCUT2D eigenvalue weighted by Gasteiger charge is 2.14. The number of anilines is 4. The number of nitrogens with two attached hydrogens (primary N) is 1. The molecule has 9 nitrogen and oxygen atoms in total. The standard InChI is InChI=1S/C21H23N7O2S/c1-13-5-6-15(11-19(13)31(22,29)30)24-21-23-10-9-20(25-21)27(3)16-7-8-17-14(2)28(4)26-18(17)12-16/h5-12H,1-4H3,(H2,22,29,30)(H,23,24,25)/i3D3,4D3,5D,6D,7D,8D,11D,12D. The number of hydrogen-bond donors (Lipinski definition) is 2. The molecule has 0 aliphatic carbocycles. The summed E-state index contributed by atoms with van der Waals surface area (Å²) in [6.07, 6.45) is 1.06. The van der Waals surface area contributed by atoms with Gasteiger partial charge in [-0.15, -0.1) is 0 Å². The van der Waals surface area contributed by atoms with Crippen LogP contribution >= 0.6 is 0 Å². The lowest BCUT2D eigenvalue weighted by molar-refractivity contribution is 0.597. The van der Waals surface area contributed by atoms with Gasteiger partial charge in [-0.25, -0.2) is 18.5 Å². The van der Waals surface area contributed by atoms with Crippen LogP contribution in [-0.4, -0.2) is 35.1 Å². The number of sulfonamides is 1. The molecule has 0 aliphatic heterocycles. The topological polar surface area (TPSA) is 119 Å². The van der Waals surface area contributed by atoms with Crippen LogP contribution in [0.5, 0.6) is 0 Å². The Balaban J connectivity index is 1.94. The maximum absolute atomic E-state index is 12.1. The van der Waals surface area contributed by atoms with Crippen LogP contribution in [0.1, 0.15) is 27.7 Å². The molecule has 0 aliphatic rings. The SMILES string of the molecule is [2H]c1c([2H])c(Nc2nccc(N(c3c([2H])c([2H])c4c(C)n(C([2H])([2H])[2H])nc4c3[2H])C([2H])([2H])[2H])n2)c([2H])c(S(N)(=O)=O)c1C. The number of benzene rings is 2. The summed E-state index contributed by atoms with van der Waals surface area (Å²) in [7, 11) is -4.49. The highest BCUT2D eigenvalue weighted by molar-refractivity contribution is 7.89. The van der Waals surface area contributed by atoms with Crippen molar-refractivity contribution >= 4 is 44.1 Å². The maximum Gasteiger partial charge on any atom is 0.238 e. The molecule has 0 bridgehead atoms. The molecule has 2 aromatic heterocycles. The Morgan fingerprint density at radius 3 is 2.81 bits per heavy atom. The third-order valence-electron chi connectivity index (χ3n) is 4.23. The zero-order chi connectivity index (χ0) is 32.6. The quantitative estimate of drug-likeness (QED) is 0.480. The van der Waals surface area contributed by atoms with Gasteiger partial charge < -0.3 is 10.2 Å². The molecule has 4 rings (SSSR count). The molecular formula is C21H23N7O2S. The molecule has 2 heterocycles. The van der Waals surface area contributed by atoms with Crippen molar-refractivity contribution in [3.63, 3.8) is 0 Å². The number of aryl methyl sites for hydroxylation is 2. The van der Waals surface area contributed by atoms with E-state index in [2.05, 4.69) is 20.4 Å². The molecular weight excluding hydrogens is 414 g/mol. The monoisotopic (exact) mass is 449 g/mol. The summed E-state index contributed by atoms with van der Waals surface area (Å²) in [4.78, 5) is 7.78. The van der Waals surface area contributed by atoms with Crippen molar-refractivity contribution in [3.05, 3.63) is 59.8 Å². The van der Waals surface area contributed by atoms with Crippen molar-refractivity contribution < 1.29 is 24.9 Å². The summed E-state index contributed by atoms with van der Waals surface area (Å²) in [5.74, 6) is -0.904. The number of nitrogens with one attached hydrogen (secondary N) is 1. The van der Waals surface area contributed by atoms with E-state index < -0.39 is 88.3 Å². The van der Waals surface area contributed by atoms with Crippen LogP contribution in [0.2, 0.25) is 0 Å². The number of primary sulfonamides is 1. The first-order valence-electron chi connectivity index (χ1n) is 14.6. The first kappa shape index (κ1) is 10.7. The Kier molecular flexibility index (Phi) is 2.63. The molecule has 10 heteroatoms. The summed E-state index contributed by atoms with van der Waals surface area (Å²) < 4.78 is 123. The van der Waals surface area contributed by atoms with E-state index in [1.54, 1.807) is 0 Å². The minimum absolute atomic E-state index is 0.0226. The van der Waals surface area contributed by atoms with E-state index in [4.69, 9.17) is 21.6 Å². The molecule has 0 saturated carbocycles. The van der Waals surface area contributed by atoms with E-state index in [1.165, 1.54) is 13.8 Å². The van der Waals surface area contributed by atoms with E-state index in [0.29, 0.717) is 9.58 Å². The van der Waals surface area contributed by atoms with Crippen molar-refractivity contribution in [1.29, 1.82) is 0 Å². The second kappa shape index (κ2) is 7.64. The largest absolute Gasteiger partial charge is 0.329 e. The predicted octanol–water partition coefficient (Wildman–Crippen LogP) is 3.14. The highest BCUT2D eigenvalue weighted by atomic mass is 32.2. The normalized spacial score (nSPS) is 18.0. The Labute approximate surface area is 197 Å². The number of nitrogens with zero attached hydrogens (tertiary/aromatic N) is 5. The fourth-order valence-corrected chi connectivity index (χ4v) is 3.40. The van der Waals surface area contributed by atoms with Crippen molar-refractivity contribution in [1.82, 2.24) is 19.7 Å². The lowest BCUT2D eigenvalue weighted by Gasteiger charge is -2.19. The van der Waals surface area contributed by atoms with Gasteiger partial charge in [-0.05, 0) is 55.7 Å². The summed E-state index contributed by atoms with van der Waals surface area (Å²) in [5, 5.41) is 11.5. The Morgan fingerprint density at radius 2 is 2.06 bits per heavy atom. The number of fused-ring (bicyclic) bond motifs is 1. The smallest absolute Gasteiger partial charge is 0.238 e. The van der Waals surface area contributed by atoms with Gasteiger partial charge in [0, 0.05) is 50.8 Å². The summed E-state index contributed by atoms with van der Waals surface area (Å²) >= 11 is 0. The van der Waals surface area contributed by atoms with E-state index in [-0.39, 0.29) is 22.2 Å². The minimum atomic E-state index is -4.49. The molecule has 0 unspecified atom stereocenters. The van der Waals surface area contributed by atoms with Crippen LogP contribution < -0.4 is 15.4 Å². The maximum atomic E-state index is 12.1. The molecule has 0 amide bonds. The molecule has 0 atom stereocenters. The Morgan fingerprint density at radius 1 is 1.23 bits per heavy atom. The average molecular weight is 450 g/mol. The zero-order valence-corrected chi connectivity index (χ0v) is 17.0. The van der Waals surface area contributed by atoms with Crippen molar-refractivity contribution in [2.24, 2.45) is 12.1 Å². The first-order valence-corrected chi connectivity index (χ1v) is 10.2. The fourth-order valence-electron chi connectivity index (χ4n) is 2.68. The second-order valence-electron chi connectivity index (χ2n) is 6.39. The van der Waals surface area contributed by atoms with Gasteiger partial charge in [0.1, 0.15) is 5.82 Å².